The molecule has 0 amide bonds. The van der Waals surface area contributed by atoms with Crippen molar-refractivity contribution in [3.63, 3.8) is 0 Å². The number of hydrogen-bond donors (Lipinski definition) is 1. The van der Waals surface area contributed by atoms with Gasteiger partial charge in [-0.25, -0.2) is 14.2 Å². The van der Waals surface area contributed by atoms with Crippen molar-refractivity contribution in [3.8, 4) is 0 Å². The van der Waals surface area contributed by atoms with Crippen LogP contribution >= 0.6 is 0 Å². The Balaban J connectivity index is 1.97. The monoisotopic (exact) mass is 351 g/mol. The zero-order chi connectivity index (χ0) is 18.3. The molecule has 0 fully saturated rings. The molecule has 0 aliphatic carbocycles. The number of hydrogen-bond acceptors (Lipinski definition) is 4. The summed E-state index contributed by atoms with van der Waals surface area (Å²) in [6.07, 6.45) is 0. The molecule has 26 heavy (non-hydrogen) atoms. The molecule has 0 radical (unpaired) electrons. The topological polar surface area (TPSA) is 56.1 Å². The third kappa shape index (κ3) is 2.54. The Hall–Kier alpha value is -3.15. The molecule has 4 rings (SSSR count). The molecular formula is C20H18FN3O2. The van der Waals surface area contributed by atoms with E-state index in [0.29, 0.717) is 17.2 Å². The van der Waals surface area contributed by atoms with Crippen molar-refractivity contribution in [2.75, 3.05) is 11.9 Å². The normalized spacial score (nSPS) is 16.3. The minimum atomic E-state index is -0.446. The van der Waals surface area contributed by atoms with Crippen molar-refractivity contribution < 1.29 is 13.9 Å². The molecule has 132 valence electrons. The predicted octanol–water partition coefficient (Wildman–Crippen LogP) is 4.03. The van der Waals surface area contributed by atoms with E-state index in [-0.39, 0.29) is 12.4 Å². The van der Waals surface area contributed by atoms with E-state index in [1.54, 1.807) is 19.1 Å². The lowest BCUT2D eigenvalue weighted by Crippen LogP contribution is -2.29. The Bertz CT molecular complexity index is 1020. The van der Waals surface area contributed by atoms with Crippen LogP contribution in [0, 0.1) is 5.82 Å². The Morgan fingerprint density at radius 3 is 2.69 bits per heavy atom. The van der Waals surface area contributed by atoms with Gasteiger partial charge in [0, 0.05) is 5.70 Å². The summed E-state index contributed by atoms with van der Waals surface area (Å²) in [5, 5.41) is 3.21. The van der Waals surface area contributed by atoms with Gasteiger partial charge >= 0.3 is 5.97 Å². The standard InChI is InChI=1S/C20H18FN3O2/c1-3-26-19(25)17-12(2)22-20-23-15-6-4-5-7-16(15)24(20)18(17)13-8-10-14(21)11-9-13/h4-11,18H,3H2,1-2H3,(H,22,23)/t18-/m1/s1. The van der Waals surface area contributed by atoms with Gasteiger partial charge < -0.3 is 10.1 Å². The van der Waals surface area contributed by atoms with E-state index in [1.807, 2.05) is 35.8 Å². The molecule has 1 aromatic heterocycles. The van der Waals surface area contributed by atoms with Crippen LogP contribution in [0.1, 0.15) is 25.5 Å². The second-order valence-electron chi connectivity index (χ2n) is 6.13. The highest BCUT2D eigenvalue weighted by Crippen LogP contribution is 2.39. The van der Waals surface area contributed by atoms with Crippen LogP contribution in [0.3, 0.4) is 0 Å². The number of anilines is 1. The molecule has 5 nitrogen and oxygen atoms in total. The highest BCUT2D eigenvalue weighted by Gasteiger charge is 2.34. The van der Waals surface area contributed by atoms with Crippen molar-refractivity contribution in [3.05, 3.63) is 71.2 Å². The first-order valence-electron chi connectivity index (χ1n) is 8.47. The van der Waals surface area contributed by atoms with Gasteiger partial charge in [-0.3, -0.25) is 4.57 Å². The number of aromatic nitrogens is 2. The lowest BCUT2D eigenvalue weighted by Gasteiger charge is -2.30. The summed E-state index contributed by atoms with van der Waals surface area (Å²) in [6, 6.07) is 13.4. The fraction of sp³-hybridized carbons (Fsp3) is 0.200. The van der Waals surface area contributed by atoms with Crippen LogP contribution in [-0.2, 0) is 9.53 Å². The van der Waals surface area contributed by atoms with Gasteiger partial charge in [0.1, 0.15) is 5.82 Å². The second kappa shape index (κ2) is 6.29. The van der Waals surface area contributed by atoms with Gasteiger partial charge in [-0.1, -0.05) is 24.3 Å². The maximum absolute atomic E-state index is 13.5. The van der Waals surface area contributed by atoms with Crippen LogP contribution in [-0.4, -0.2) is 22.1 Å². The molecule has 2 aromatic carbocycles. The Morgan fingerprint density at radius 2 is 1.96 bits per heavy atom. The number of fused-ring (bicyclic) bond motifs is 3. The molecule has 1 N–H and O–H groups in total. The van der Waals surface area contributed by atoms with E-state index in [0.717, 1.165) is 16.6 Å². The summed E-state index contributed by atoms with van der Waals surface area (Å²) in [7, 11) is 0. The minimum Gasteiger partial charge on any atom is -0.463 e. The zero-order valence-corrected chi connectivity index (χ0v) is 14.5. The summed E-state index contributed by atoms with van der Waals surface area (Å²) in [5.41, 5.74) is 3.67. The van der Waals surface area contributed by atoms with E-state index in [1.165, 1.54) is 12.1 Å². The third-order valence-corrected chi connectivity index (χ3v) is 4.51. The first-order valence-corrected chi connectivity index (χ1v) is 8.47. The number of nitrogens with one attached hydrogen (secondary N) is 1. The van der Waals surface area contributed by atoms with Crippen LogP contribution in [0.25, 0.3) is 11.0 Å². The number of para-hydroxylation sites is 2. The zero-order valence-electron chi connectivity index (χ0n) is 14.5. The Kier molecular flexibility index (Phi) is 3.95. The van der Waals surface area contributed by atoms with E-state index in [2.05, 4.69) is 10.3 Å². The molecule has 0 unspecified atom stereocenters. The van der Waals surface area contributed by atoms with Gasteiger partial charge in [0.05, 0.1) is 29.3 Å². The number of benzene rings is 2. The quantitative estimate of drug-likeness (QED) is 0.724. The Labute approximate surface area is 150 Å². The molecule has 0 saturated carbocycles. The Morgan fingerprint density at radius 1 is 1.23 bits per heavy atom. The van der Waals surface area contributed by atoms with Crippen molar-refractivity contribution >= 4 is 23.0 Å². The van der Waals surface area contributed by atoms with Gasteiger partial charge in [-0.15, -0.1) is 0 Å². The molecule has 0 bridgehead atoms. The first kappa shape index (κ1) is 16.3. The smallest absolute Gasteiger partial charge is 0.338 e. The predicted molar refractivity (Wildman–Crippen MR) is 97.2 cm³/mol. The summed E-state index contributed by atoms with van der Waals surface area (Å²) in [5.74, 6) is -0.0712. The van der Waals surface area contributed by atoms with Crippen LogP contribution < -0.4 is 5.32 Å². The van der Waals surface area contributed by atoms with Gasteiger partial charge in [0.15, 0.2) is 0 Å². The lowest BCUT2D eigenvalue weighted by atomic mass is 9.95. The van der Waals surface area contributed by atoms with E-state index >= 15 is 0 Å². The van der Waals surface area contributed by atoms with Crippen molar-refractivity contribution in [1.29, 1.82) is 0 Å². The van der Waals surface area contributed by atoms with Crippen LogP contribution in [0.15, 0.2) is 59.8 Å². The van der Waals surface area contributed by atoms with E-state index in [9.17, 15) is 9.18 Å². The number of carbonyl (C=O) groups is 1. The van der Waals surface area contributed by atoms with Gasteiger partial charge in [-0.2, -0.15) is 0 Å². The molecule has 2 heterocycles. The second-order valence-corrected chi connectivity index (χ2v) is 6.13. The lowest BCUT2D eigenvalue weighted by molar-refractivity contribution is -0.139. The van der Waals surface area contributed by atoms with Gasteiger partial charge in [0.25, 0.3) is 0 Å². The average molecular weight is 351 g/mol. The van der Waals surface area contributed by atoms with Crippen LogP contribution in [0.5, 0.6) is 0 Å². The summed E-state index contributed by atoms with van der Waals surface area (Å²) < 4.78 is 20.7. The molecule has 6 heteroatoms. The molecule has 1 atom stereocenters. The third-order valence-electron chi connectivity index (χ3n) is 4.51. The minimum absolute atomic E-state index is 0.281. The number of carbonyl (C=O) groups excluding carboxylic acids is 1. The number of rotatable bonds is 3. The SMILES string of the molecule is CCOC(=O)C1=C(C)Nc2nc3ccccc3n2[C@@H]1c1ccc(F)cc1. The molecule has 0 spiro atoms. The highest BCUT2D eigenvalue weighted by atomic mass is 19.1. The summed E-state index contributed by atoms with van der Waals surface area (Å²) in [6.45, 7) is 3.88. The molecule has 1 aliphatic rings. The van der Waals surface area contributed by atoms with Crippen molar-refractivity contribution in [1.82, 2.24) is 9.55 Å². The number of halogens is 1. The molecular weight excluding hydrogens is 333 g/mol. The molecule has 0 saturated heterocycles. The van der Waals surface area contributed by atoms with E-state index < -0.39 is 12.0 Å². The average Bonchev–Trinajstić information content (AvgIpc) is 2.99. The first-order chi connectivity index (χ1) is 12.6. The fourth-order valence-electron chi connectivity index (χ4n) is 3.40. The highest BCUT2D eigenvalue weighted by molar-refractivity contribution is 5.94. The van der Waals surface area contributed by atoms with Crippen molar-refractivity contribution in [2.24, 2.45) is 0 Å². The number of imidazole rings is 1. The van der Waals surface area contributed by atoms with Gasteiger partial charge in [-0.05, 0) is 43.7 Å². The number of nitrogens with zero attached hydrogens (tertiary/aromatic N) is 2. The number of esters is 1. The number of allylic oxidation sites excluding steroid dienone is 1. The van der Waals surface area contributed by atoms with E-state index in [4.69, 9.17) is 4.74 Å². The molecule has 3 aromatic rings. The van der Waals surface area contributed by atoms with Gasteiger partial charge in [0.2, 0.25) is 5.95 Å². The van der Waals surface area contributed by atoms with Crippen LogP contribution in [0.4, 0.5) is 10.3 Å². The largest absolute Gasteiger partial charge is 0.463 e. The summed E-state index contributed by atoms with van der Waals surface area (Å²) >= 11 is 0. The van der Waals surface area contributed by atoms with Crippen molar-refractivity contribution in [2.45, 2.75) is 19.9 Å². The molecule has 1 aliphatic heterocycles. The van der Waals surface area contributed by atoms with Crippen LogP contribution in [0.2, 0.25) is 0 Å². The number of ether oxygens (including phenoxy) is 1. The summed E-state index contributed by atoms with van der Waals surface area (Å²) in [4.78, 5) is 17.3. The maximum Gasteiger partial charge on any atom is 0.338 e. The maximum atomic E-state index is 13.5. The fourth-order valence-corrected chi connectivity index (χ4v) is 3.40.